The monoisotopic (exact) mass is 587 g/mol. The van der Waals surface area contributed by atoms with Crippen LogP contribution in [-0.4, -0.2) is 14.5 Å². The number of hydrogen-bond acceptors (Lipinski definition) is 2. The van der Waals surface area contributed by atoms with E-state index in [1.54, 1.807) is 0 Å². The summed E-state index contributed by atoms with van der Waals surface area (Å²) in [5.74, 6) is 0.847. The summed E-state index contributed by atoms with van der Waals surface area (Å²) in [6.45, 7) is 4.75. The fourth-order valence-electron chi connectivity index (χ4n) is 8.01. The van der Waals surface area contributed by atoms with Gasteiger partial charge in [0.25, 0.3) is 0 Å². The van der Waals surface area contributed by atoms with Crippen molar-refractivity contribution in [3.63, 3.8) is 0 Å². The Labute approximate surface area is 266 Å². The number of nitrogens with zero attached hydrogens (tertiary/aromatic N) is 3. The second kappa shape index (κ2) is 9.12. The first-order valence-corrected chi connectivity index (χ1v) is 15.9. The predicted molar refractivity (Wildman–Crippen MR) is 192 cm³/mol. The first-order chi connectivity index (χ1) is 22.6. The maximum Gasteiger partial charge on any atom is 0.165 e. The molecule has 0 radical (unpaired) electrons. The van der Waals surface area contributed by atoms with Crippen molar-refractivity contribution in [1.29, 1.82) is 0 Å². The predicted octanol–water partition coefficient (Wildman–Crippen LogP) is 11.0. The average Bonchev–Trinajstić information content (AvgIpc) is 3.55. The van der Waals surface area contributed by atoms with E-state index in [1.165, 1.54) is 43.8 Å². The van der Waals surface area contributed by atoms with Gasteiger partial charge in [0.2, 0.25) is 0 Å². The molecule has 216 valence electrons. The van der Waals surface area contributed by atoms with Crippen LogP contribution in [0.15, 0.2) is 140 Å². The zero-order valence-corrected chi connectivity index (χ0v) is 25.6. The molecule has 3 nitrogen and oxygen atoms in total. The van der Waals surface area contributed by atoms with E-state index in [0.717, 1.165) is 49.9 Å². The second-order valence-corrected chi connectivity index (χ2v) is 13.0. The summed E-state index contributed by atoms with van der Waals surface area (Å²) in [6.07, 6.45) is 0. The lowest BCUT2D eigenvalue weighted by atomic mass is 9.80. The molecule has 0 N–H and O–H groups in total. The first kappa shape index (κ1) is 25.5. The maximum atomic E-state index is 5.53. The van der Waals surface area contributed by atoms with Gasteiger partial charge in [-0.3, -0.25) is 4.57 Å². The van der Waals surface area contributed by atoms with Crippen LogP contribution in [-0.2, 0) is 5.41 Å². The summed E-state index contributed by atoms with van der Waals surface area (Å²) < 4.78 is 2.36. The van der Waals surface area contributed by atoms with Gasteiger partial charge in [-0.15, -0.1) is 0 Å². The van der Waals surface area contributed by atoms with E-state index in [2.05, 4.69) is 158 Å². The normalized spacial score (nSPS) is 13.6. The topological polar surface area (TPSA) is 30.7 Å². The summed E-state index contributed by atoms with van der Waals surface area (Å²) in [5, 5.41) is 7.33. The fraction of sp³-hybridized carbons (Fsp3) is 0.0698. The quantitative estimate of drug-likeness (QED) is 0.188. The molecule has 0 spiro atoms. The van der Waals surface area contributed by atoms with Gasteiger partial charge < -0.3 is 0 Å². The summed E-state index contributed by atoms with van der Waals surface area (Å²) in [4.78, 5) is 10.9. The van der Waals surface area contributed by atoms with Gasteiger partial charge in [0.15, 0.2) is 5.82 Å². The molecule has 0 atom stereocenters. The number of para-hydroxylation sites is 1. The van der Waals surface area contributed by atoms with Crippen LogP contribution in [0, 0.1) is 0 Å². The molecule has 3 heteroatoms. The Balaban J connectivity index is 1.35. The summed E-state index contributed by atoms with van der Waals surface area (Å²) in [6, 6.07) is 50.2. The summed E-state index contributed by atoms with van der Waals surface area (Å²) in [7, 11) is 0. The minimum absolute atomic E-state index is 0.172. The smallest absolute Gasteiger partial charge is 0.165 e. The number of rotatable bonds is 2. The van der Waals surface area contributed by atoms with Gasteiger partial charge in [0.1, 0.15) is 5.69 Å². The van der Waals surface area contributed by atoms with Crippen molar-refractivity contribution < 1.29 is 0 Å². The standard InChI is InChI=1S/C43H29N3/c1-43(2)35-25-38-34(24-33(35)32-22-20-26-12-6-8-16-29(26)39(32)43)31-18-10-11-19-37(31)46(38)42-40(28-14-4-3-5-15-28)44-36-23-21-27-13-7-9-17-30(27)41(36)45-42/h3-25H,1-2H3. The molecule has 9 aromatic rings. The Kier molecular flexibility index (Phi) is 5.06. The Morgan fingerprint density at radius 2 is 1.20 bits per heavy atom. The second-order valence-electron chi connectivity index (χ2n) is 13.0. The molecule has 1 aliphatic carbocycles. The molecule has 0 saturated carbocycles. The number of hydrogen-bond donors (Lipinski definition) is 0. The highest BCUT2D eigenvalue weighted by Crippen LogP contribution is 2.53. The van der Waals surface area contributed by atoms with Crippen LogP contribution < -0.4 is 0 Å². The highest BCUT2D eigenvalue weighted by atomic mass is 15.1. The number of aromatic nitrogens is 3. The van der Waals surface area contributed by atoms with Gasteiger partial charge in [-0.1, -0.05) is 129 Å². The lowest BCUT2D eigenvalue weighted by molar-refractivity contribution is 0.667. The molecular formula is C43H29N3. The largest absolute Gasteiger partial charge is 0.292 e. The van der Waals surface area contributed by atoms with E-state index in [4.69, 9.17) is 9.97 Å². The van der Waals surface area contributed by atoms with Gasteiger partial charge in [-0.25, -0.2) is 9.97 Å². The van der Waals surface area contributed by atoms with Gasteiger partial charge in [-0.05, 0) is 62.7 Å². The van der Waals surface area contributed by atoms with Gasteiger partial charge >= 0.3 is 0 Å². The van der Waals surface area contributed by atoms with Crippen molar-refractivity contribution in [3.8, 4) is 28.2 Å². The molecule has 0 saturated heterocycles. The highest BCUT2D eigenvalue weighted by Gasteiger charge is 2.38. The highest BCUT2D eigenvalue weighted by molar-refractivity contribution is 6.13. The van der Waals surface area contributed by atoms with Gasteiger partial charge in [-0.2, -0.15) is 0 Å². The van der Waals surface area contributed by atoms with Crippen LogP contribution in [0.25, 0.3) is 82.6 Å². The SMILES string of the molecule is CC1(C)c2cc3c(cc2-c2ccc4ccccc4c21)c1ccccc1n3-c1nc2c(ccc3ccccc32)nc1-c1ccccc1. The molecule has 7 aromatic carbocycles. The van der Waals surface area contributed by atoms with E-state index < -0.39 is 0 Å². The number of benzene rings is 7. The van der Waals surface area contributed by atoms with Crippen LogP contribution in [0.4, 0.5) is 0 Å². The van der Waals surface area contributed by atoms with E-state index in [1.807, 2.05) is 0 Å². The van der Waals surface area contributed by atoms with E-state index in [9.17, 15) is 0 Å². The van der Waals surface area contributed by atoms with Crippen LogP contribution in [0.1, 0.15) is 25.0 Å². The van der Waals surface area contributed by atoms with Crippen molar-refractivity contribution in [2.24, 2.45) is 0 Å². The van der Waals surface area contributed by atoms with Crippen molar-refractivity contribution in [2.75, 3.05) is 0 Å². The first-order valence-electron chi connectivity index (χ1n) is 15.9. The lowest BCUT2D eigenvalue weighted by Gasteiger charge is -2.23. The van der Waals surface area contributed by atoms with Crippen molar-refractivity contribution in [3.05, 3.63) is 151 Å². The van der Waals surface area contributed by atoms with Crippen LogP contribution in [0.2, 0.25) is 0 Å². The van der Waals surface area contributed by atoms with Crippen LogP contribution >= 0.6 is 0 Å². The average molecular weight is 588 g/mol. The Morgan fingerprint density at radius 1 is 0.522 bits per heavy atom. The van der Waals surface area contributed by atoms with Crippen molar-refractivity contribution in [2.45, 2.75) is 19.3 Å². The summed E-state index contributed by atoms with van der Waals surface area (Å²) in [5.41, 5.74) is 11.2. The van der Waals surface area contributed by atoms with Crippen molar-refractivity contribution in [1.82, 2.24) is 14.5 Å². The molecule has 1 aliphatic rings. The maximum absolute atomic E-state index is 5.53. The molecule has 0 bridgehead atoms. The molecule has 0 unspecified atom stereocenters. The Hall–Kier alpha value is -5.80. The molecule has 0 aliphatic heterocycles. The Bertz CT molecular complexity index is 2720. The van der Waals surface area contributed by atoms with Crippen molar-refractivity contribution >= 4 is 54.4 Å². The summed E-state index contributed by atoms with van der Waals surface area (Å²) >= 11 is 0. The molecule has 2 heterocycles. The van der Waals surface area contributed by atoms with E-state index in [-0.39, 0.29) is 5.41 Å². The zero-order valence-electron chi connectivity index (χ0n) is 25.6. The molecule has 46 heavy (non-hydrogen) atoms. The third-order valence-electron chi connectivity index (χ3n) is 10.1. The minimum Gasteiger partial charge on any atom is -0.292 e. The zero-order chi connectivity index (χ0) is 30.6. The number of fused-ring (bicyclic) bond motifs is 11. The van der Waals surface area contributed by atoms with E-state index in [0.29, 0.717) is 0 Å². The minimum atomic E-state index is -0.172. The molecule has 10 rings (SSSR count). The van der Waals surface area contributed by atoms with E-state index >= 15 is 0 Å². The lowest BCUT2D eigenvalue weighted by Crippen LogP contribution is -2.15. The third-order valence-corrected chi connectivity index (χ3v) is 10.1. The van der Waals surface area contributed by atoms with Crippen LogP contribution in [0.3, 0.4) is 0 Å². The molecule has 0 fully saturated rings. The third kappa shape index (κ3) is 3.37. The Morgan fingerprint density at radius 3 is 2.02 bits per heavy atom. The van der Waals surface area contributed by atoms with Gasteiger partial charge in [0.05, 0.1) is 22.1 Å². The van der Waals surface area contributed by atoms with Crippen LogP contribution in [0.5, 0.6) is 0 Å². The van der Waals surface area contributed by atoms with Gasteiger partial charge in [0, 0.05) is 27.1 Å². The molecular weight excluding hydrogens is 558 g/mol. The fourth-order valence-corrected chi connectivity index (χ4v) is 8.01. The molecule has 0 amide bonds. The molecule has 2 aromatic heterocycles.